The van der Waals surface area contributed by atoms with Gasteiger partial charge in [0.2, 0.25) is 0 Å². The second-order valence-corrected chi connectivity index (χ2v) is 6.24. The summed E-state index contributed by atoms with van der Waals surface area (Å²) in [6.45, 7) is 5.32. The van der Waals surface area contributed by atoms with Crippen molar-refractivity contribution in [3.8, 4) is 6.07 Å². The number of nitrogens with zero attached hydrogens (tertiary/aromatic N) is 3. The van der Waals surface area contributed by atoms with Crippen molar-refractivity contribution in [1.29, 1.82) is 5.26 Å². The van der Waals surface area contributed by atoms with E-state index in [4.69, 9.17) is 14.7 Å². The lowest BCUT2D eigenvalue weighted by Gasteiger charge is -2.26. The van der Waals surface area contributed by atoms with Gasteiger partial charge in [-0.25, -0.2) is 4.79 Å². The first-order chi connectivity index (χ1) is 12.3. The zero-order chi connectivity index (χ0) is 17.5. The number of urea groups is 1. The quantitative estimate of drug-likeness (QED) is 0.891. The summed E-state index contributed by atoms with van der Waals surface area (Å²) < 4.78 is 10.9. The minimum atomic E-state index is -0.0557. The van der Waals surface area contributed by atoms with E-state index in [-0.39, 0.29) is 12.1 Å². The molecule has 0 bridgehead atoms. The van der Waals surface area contributed by atoms with E-state index in [1.165, 1.54) is 0 Å². The fourth-order valence-corrected chi connectivity index (χ4v) is 3.09. The highest BCUT2D eigenvalue weighted by Gasteiger charge is 2.21. The van der Waals surface area contributed by atoms with Gasteiger partial charge in [0.05, 0.1) is 37.6 Å². The molecule has 1 atom stereocenters. The van der Waals surface area contributed by atoms with Crippen LogP contribution in [-0.2, 0) is 9.47 Å². The molecule has 1 aromatic carbocycles. The SMILES string of the molecule is N#Cc1ccc(N2CCCN(C(=O)NC[C@@H]3COCCO3)CC2)cc1. The van der Waals surface area contributed by atoms with Crippen molar-refractivity contribution in [3.05, 3.63) is 29.8 Å². The van der Waals surface area contributed by atoms with Gasteiger partial charge in [0, 0.05) is 38.4 Å². The average molecular weight is 344 g/mol. The van der Waals surface area contributed by atoms with Crippen LogP contribution in [0, 0.1) is 11.3 Å². The number of hydrogen-bond acceptors (Lipinski definition) is 5. The van der Waals surface area contributed by atoms with Crippen LogP contribution in [0.4, 0.5) is 10.5 Å². The maximum absolute atomic E-state index is 12.4. The molecule has 2 fully saturated rings. The van der Waals surface area contributed by atoms with Gasteiger partial charge in [-0.05, 0) is 30.7 Å². The Hall–Kier alpha value is -2.30. The second-order valence-electron chi connectivity index (χ2n) is 6.24. The summed E-state index contributed by atoms with van der Waals surface area (Å²) in [6.07, 6.45) is 0.857. The molecular formula is C18H24N4O3. The Bertz CT molecular complexity index is 608. The Labute approximate surface area is 148 Å². The molecule has 0 saturated carbocycles. The maximum Gasteiger partial charge on any atom is 0.317 e. The molecule has 7 nitrogen and oxygen atoms in total. The fraction of sp³-hybridized carbons (Fsp3) is 0.556. The van der Waals surface area contributed by atoms with Crippen molar-refractivity contribution in [2.75, 3.05) is 57.4 Å². The summed E-state index contributed by atoms with van der Waals surface area (Å²) in [5.74, 6) is 0. The standard InChI is InChI=1S/C18H24N4O3/c19-12-15-2-4-16(5-3-15)21-6-1-7-22(9-8-21)18(23)20-13-17-14-24-10-11-25-17/h2-5,17H,1,6-11,13-14H2,(H,20,23)/t17-/m1/s1. The predicted octanol–water partition coefficient (Wildman–Crippen LogP) is 1.20. The third-order valence-electron chi connectivity index (χ3n) is 4.51. The van der Waals surface area contributed by atoms with Crippen LogP contribution in [0.3, 0.4) is 0 Å². The largest absolute Gasteiger partial charge is 0.376 e. The predicted molar refractivity (Wildman–Crippen MR) is 93.5 cm³/mol. The summed E-state index contributed by atoms with van der Waals surface area (Å²) in [7, 11) is 0. The summed E-state index contributed by atoms with van der Waals surface area (Å²) in [5.41, 5.74) is 1.75. The van der Waals surface area contributed by atoms with Crippen LogP contribution >= 0.6 is 0 Å². The summed E-state index contributed by atoms with van der Waals surface area (Å²) in [6, 6.07) is 9.68. The van der Waals surface area contributed by atoms with Crippen LogP contribution in [-0.4, -0.2) is 69.6 Å². The van der Waals surface area contributed by atoms with E-state index in [0.717, 1.165) is 31.7 Å². The van der Waals surface area contributed by atoms with Crippen molar-refractivity contribution in [3.63, 3.8) is 0 Å². The highest BCUT2D eigenvalue weighted by Crippen LogP contribution is 2.17. The number of carbonyl (C=O) groups is 1. The molecule has 134 valence electrons. The molecule has 0 spiro atoms. The maximum atomic E-state index is 12.4. The van der Waals surface area contributed by atoms with Crippen molar-refractivity contribution in [2.24, 2.45) is 0 Å². The van der Waals surface area contributed by atoms with E-state index >= 15 is 0 Å². The zero-order valence-electron chi connectivity index (χ0n) is 14.3. The minimum Gasteiger partial charge on any atom is -0.376 e. The number of amides is 2. The number of benzene rings is 1. The van der Waals surface area contributed by atoms with Crippen LogP contribution in [0.5, 0.6) is 0 Å². The minimum absolute atomic E-state index is 0.0455. The van der Waals surface area contributed by atoms with Gasteiger partial charge in [-0.15, -0.1) is 0 Å². The van der Waals surface area contributed by atoms with Crippen molar-refractivity contribution < 1.29 is 14.3 Å². The molecule has 1 aromatic rings. The molecule has 3 rings (SSSR count). The van der Waals surface area contributed by atoms with Gasteiger partial charge in [0.1, 0.15) is 0 Å². The Morgan fingerprint density at radius 1 is 1.20 bits per heavy atom. The first-order valence-electron chi connectivity index (χ1n) is 8.73. The topological polar surface area (TPSA) is 77.8 Å². The second kappa shape index (κ2) is 8.70. The number of nitrogens with one attached hydrogen (secondary N) is 1. The molecule has 25 heavy (non-hydrogen) atoms. The van der Waals surface area contributed by atoms with Gasteiger partial charge in [0.25, 0.3) is 0 Å². The summed E-state index contributed by atoms with van der Waals surface area (Å²) in [5, 5.41) is 11.8. The number of ether oxygens (including phenoxy) is 2. The number of rotatable bonds is 3. The molecule has 7 heteroatoms. The van der Waals surface area contributed by atoms with Gasteiger partial charge in [-0.1, -0.05) is 0 Å². The first-order valence-corrected chi connectivity index (χ1v) is 8.73. The van der Waals surface area contributed by atoms with Gasteiger partial charge >= 0.3 is 6.03 Å². The number of carbonyl (C=O) groups excluding carboxylic acids is 1. The third kappa shape index (κ3) is 4.84. The fourth-order valence-electron chi connectivity index (χ4n) is 3.09. The van der Waals surface area contributed by atoms with E-state index < -0.39 is 0 Å². The lowest BCUT2D eigenvalue weighted by Crippen LogP contribution is -2.46. The highest BCUT2D eigenvalue weighted by atomic mass is 16.6. The Balaban J connectivity index is 1.48. The van der Waals surface area contributed by atoms with Gasteiger partial charge < -0.3 is 24.6 Å². The molecule has 1 N–H and O–H groups in total. The Morgan fingerprint density at radius 2 is 2.04 bits per heavy atom. The van der Waals surface area contributed by atoms with E-state index in [2.05, 4.69) is 16.3 Å². The molecular weight excluding hydrogens is 320 g/mol. The molecule has 2 amide bonds. The molecule has 0 aromatic heterocycles. The average Bonchev–Trinajstić information content (AvgIpc) is 2.93. The monoisotopic (exact) mass is 344 g/mol. The molecule has 0 unspecified atom stereocenters. The summed E-state index contributed by atoms with van der Waals surface area (Å²) >= 11 is 0. The highest BCUT2D eigenvalue weighted by molar-refractivity contribution is 5.74. The number of anilines is 1. The van der Waals surface area contributed by atoms with E-state index in [0.29, 0.717) is 38.5 Å². The molecule has 0 aliphatic carbocycles. The normalized spacial score (nSPS) is 21.3. The molecule has 0 radical (unpaired) electrons. The zero-order valence-corrected chi connectivity index (χ0v) is 14.3. The van der Waals surface area contributed by atoms with Crippen molar-refractivity contribution in [1.82, 2.24) is 10.2 Å². The third-order valence-corrected chi connectivity index (χ3v) is 4.51. The number of hydrogen-bond donors (Lipinski definition) is 1. The van der Waals surface area contributed by atoms with E-state index in [1.807, 2.05) is 29.2 Å². The van der Waals surface area contributed by atoms with Crippen LogP contribution in [0.1, 0.15) is 12.0 Å². The molecule has 2 heterocycles. The van der Waals surface area contributed by atoms with Gasteiger partial charge in [-0.2, -0.15) is 5.26 Å². The molecule has 2 aliphatic heterocycles. The van der Waals surface area contributed by atoms with E-state index in [1.54, 1.807) is 0 Å². The molecule has 2 aliphatic rings. The Morgan fingerprint density at radius 3 is 2.76 bits per heavy atom. The van der Waals surface area contributed by atoms with Crippen LogP contribution in [0.25, 0.3) is 0 Å². The van der Waals surface area contributed by atoms with Crippen molar-refractivity contribution >= 4 is 11.7 Å². The lowest BCUT2D eigenvalue weighted by atomic mass is 10.2. The van der Waals surface area contributed by atoms with E-state index in [9.17, 15) is 4.79 Å². The molecule has 2 saturated heterocycles. The summed E-state index contributed by atoms with van der Waals surface area (Å²) in [4.78, 5) is 16.5. The first kappa shape index (κ1) is 17.5. The Kier molecular flexibility index (Phi) is 6.09. The van der Waals surface area contributed by atoms with Crippen LogP contribution in [0.2, 0.25) is 0 Å². The van der Waals surface area contributed by atoms with Crippen LogP contribution < -0.4 is 10.2 Å². The van der Waals surface area contributed by atoms with Gasteiger partial charge in [0.15, 0.2) is 0 Å². The van der Waals surface area contributed by atoms with Crippen LogP contribution in [0.15, 0.2) is 24.3 Å². The van der Waals surface area contributed by atoms with Gasteiger partial charge in [-0.3, -0.25) is 0 Å². The lowest BCUT2D eigenvalue weighted by molar-refractivity contribution is -0.0855. The van der Waals surface area contributed by atoms with Crippen molar-refractivity contribution in [2.45, 2.75) is 12.5 Å². The smallest absolute Gasteiger partial charge is 0.317 e. The number of nitriles is 1.